The number of benzene rings is 2. The summed E-state index contributed by atoms with van der Waals surface area (Å²) in [6, 6.07) is 10.4. The number of methoxy groups -OCH3 is 1. The van der Waals surface area contributed by atoms with Crippen LogP contribution in [0.5, 0.6) is 5.75 Å². The zero-order chi connectivity index (χ0) is 22.5. The van der Waals surface area contributed by atoms with Crippen molar-refractivity contribution < 1.29 is 37.4 Å². The second kappa shape index (κ2) is 9.20. The summed E-state index contributed by atoms with van der Waals surface area (Å²) in [6.07, 6.45) is 0. The quantitative estimate of drug-likeness (QED) is 0.531. The number of esters is 1. The van der Waals surface area contributed by atoms with Crippen LogP contribution >= 0.6 is 0 Å². The maximum Gasteiger partial charge on any atom is 0.387 e. The number of ether oxygens (including phenoxy) is 2. The highest BCUT2D eigenvalue weighted by Gasteiger charge is 2.38. The minimum absolute atomic E-state index is 0.0808. The van der Waals surface area contributed by atoms with E-state index in [1.165, 1.54) is 49.6 Å². The Labute approximate surface area is 175 Å². The number of hydrogen-bond acceptors (Lipinski definition) is 6. The number of anilines is 2. The molecule has 2 aromatic rings. The number of nitrogens with zero attached hydrogens (tertiary/aromatic N) is 2. The van der Waals surface area contributed by atoms with Crippen molar-refractivity contribution in [2.45, 2.75) is 6.61 Å². The van der Waals surface area contributed by atoms with Crippen molar-refractivity contribution in [2.75, 3.05) is 30.4 Å². The molecule has 0 spiro atoms. The van der Waals surface area contributed by atoms with Gasteiger partial charge in [-0.2, -0.15) is 8.78 Å². The fourth-order valence-corrected chi connectivity index (χ4v) is 2.88. The largest absolute Gasteiger partial charge is 0.465 e. The summed E-state index contributed by atoms with van der Waals surface area (Å²) in [5.41, 5.74) is 0.780. The van der Waals surface area contributed by atoms with Gasteiger partial charge in [-0.05, 0) is 42.5 Å². The molecule has 0 unspecified atom stereocenters. The number of urea groups is 1. The highest BCUT2D eigenvalue weighted by molar-refractivity contribution is 6.14. The van der Waals surface area contributed by atoms with E-state index in [9.17, 15) is 28.0 Å². The molecule has 1 heterocycles. The van der Waals surface area contributed by atoms with Crippen LogP contribution in [0.25, 0.3) is 0 Å². The van der Waals surface area contributed by atoms with Crippen LogP contribution in [0.15, 0.2) is 48.5 Å². The molecule has 1 aliphatic heterocycles. The van der Waals surface area contributed by atoms with Crippen molar-refractivity contribution in [1.29, 1.82) is 0 Å². The monoisotopic (exact) mass is 433 g/mol. The van der Waals surface area contributed by atoms with Crippen LogP contribution in [0, 0.1) is 0 Å². The lowest BCUT2D eigenvalue weighted by atomic mass is 10.2. The summed E-state index contributed by atoms with van der Waals surface area (Å²) in [5.74, 6) is -1.93. The third-order valence-corrected chi connectivity index (χ3v) is 4.30. The molecular weight excluding hydrogens is 416 g/mol. The fourth-order valence-electron chi connectivity index (χ4n) is 2.88. The number of hydrogen-bond donors (Lipinski definition) is 1. The van der Waals surface area contributed by atoms with Gasteiger partial charge in [0.1, 0.15) is 18.8 Å². The van der Waals surface area contributed by atoms with Crippen molar-refractivity contribution in [3.8, 4) is 5.75 Å². The van der Waals surface area contributed by atoms with E-state index < -0.39 is 37.0 Å². The van der Waals surface area contributed by atoms with E-state index >= 15 is 0 Å². The molecular formula is C20H17F2N3O6. The van der Waals surface area contributed by atoms with E-state index in [2.05, 4.69) is 14.8 Å². The Bertz CT molecular complexity index is 1010. The average molecular weight is 433 g/mol. The Morgan fingerprint density at radius 2 is 1.84 bits per heavy atom. The number of amides is 4. The van der Waals surface area contributed by atoms with Crippen LogP contribution in [0.2, 0.25) is 0 Å². The molecule has 31 heavy (non-hydrogen) atoms. The average Bonchev–Trinajstić information content (AvgIpc) is 3.02. The van der Waals surface area contributed by atoms with Gasteiger partial charge in [-0.1, -0.05) is 6.07 Å². The number of halogens is 2. The van der Waals surface area contributed by atoms with Crippen LogP contribution in [-0.2, 0) is 14.3 Å². The van der Waals surface area contributed by atoms with E-state index in [0.29, 0.717) is 5.69 Å². The lowest BCUT2D eigenvalue weighted by molar-refractivity contribution is -0.128. The third-order valence-electron chi connectivity index (χ3n) is 4.30. The SMILES string of the molecule is COC(=O)c1cccc(N2CC(=O)N(CC(=O)Nc3ccc(OC(F)F)cc3)C2=O)c1. The van der Waals surface area contributed by atoms with Gasteiger partial charge in [-0.15, -0.1) is 0 Å². The van der Waals surface area contributed by atoms with Crippen molar-refractivity contribution in [3.05, 3.63) is 54.1 Å². The molecule has 1 N–H and O–H groups in total. The standard InChI is InChI=1S/C20H17F2N3O6/c1-30-18(28)12-3-2-4-14(9-12)24-11-17(27)25(20(24)29)10-16(26)23-13-5-7-15(8-6-13)31-19(21)22/h2-9,19H,10-11H2,1H3,(H,23,26). The number of imide groups is 1. The molecule has 0 radical (unpaired) electrons. The Kier molecular flexibility index (Phi) is 6.43. The highest BCUT2D eigenvalue weighted by atomic mass is 19.3. The Morgan fingerprint density at radius 1 is 1.13 bits per heavy atom. The van der Waals surface area contributed by atoms with Gasteiger partial charge in [-0.25, -0.2) is 9.59 Å². The summed E-state index contributed by atoms with van der Waals surface area (Å²) in [4.78, 5) is 50.8. The molecule has 0 bridgehead atoms. The van der Waals surface area contributed by atoms with E-state index in [-0.39, 0.29) is 23.5 Å². The molecule has 4 amide bonds. The predicted octanol–water partition coefficient (Wildman–Crippen LogP) is 2.48. The van der Waals surface area contributed by atoms with Crippen molar-refractivity contribution in [3.63, 3.8) is 0 Å². The van der Waals surface area contributed by atoms with Crippen LogP contribution in [0.1, 0.15) is 10.4 Å². The summed E-state index contributed by atoms with van der Waals surface area (Å²) in [6.45, 7) is -3.81. The topological polar surface area (TPSA) is 105 Å². The molecule has 0 atom stereocenters. The fraction of sp³-hybridized carbons (Fsp3) is 0.200. The molecule has 1 fully saturated rings. The molecule has 162 valence electrons. The highest BCUT2D eigenvalue weighted by Crippen LogP contribution is 2.23. The van der Waals surface area contributed by atoms with Crippen molar-refractivity contribution in [1.82, 2.24) is 4.90 Å². The molecule has 0 aliphatic carbocycles. The smallest absolute Gasteiger partial charge is 0.387 e. The maximum absolute atomic E-state index is 12.6. The number of nitrogens with one attached hydrogen (secondary N) is 1. The van der Waals surface area contributed by atoms with Gasteiger partial charge in [0, 0.05) is 11.4 Å². The minimum atomic E-state index is -2.97. The summed E-state index contributed by atoms with van der Waals surface area (Å²) in [5, 5.41) is 2.47. The van der Waals surface area contributed by atoms with Gasteiger partial charge in [0.05, 0.1) is 12.7 Å². The molecule has 1 aliphatic rings. The van der Waals surface area contributed by atoms with Gasteiger partial charge in [0.2, 0.25) is 5.91 Å². The summed E-state index contributed by atoms with van der Waals surface area (Å²) >= 11 is 0. The zero-order valence-electron chi connectivity index (χ0n) is 16.2. The maximum atomic E-state index is 12.6. The number of carbonyl (C=O) groups excluding carboxylic acids is 4. The number of carbonyl (C=O) groups is 4. The minimum Gasteiger partial charge on any atom is -0.465 e. The van der Waals surface area contributed by atoms with Gasteiger partial charge in [0.25, 0.3) is 5.91 Å². The first-order valence-corrected chi connectivity index (χ1v) is 8.93. The predicted molar refractivity (Wildman–Crippen MR) is 104 cm³/mol. The second-order valence-corrected chi connectivity index (χ2v) is 6.34. The van der Waals surface area contributed by atoms with E-state index in [4.69, 9.17) is 0 Å². The first-order chi connectivity index (χ1) is 14.8. The first kappa shape index (κ1) is 21.7. The molecule has 1 saturated heterocycles. The Morgan fingerprint density at radius 3 is 2.48 bits per heavy atom. The molecule has 0 saturated carbocycles. The molecule has 11 heteroatoms. The van der Waals surface area contributed by atoms with E-state index in [1.54, 1.807) is 6.07 Å². The Hall–Kier alpha value is -4.02. The number of rotatable bonds is 7. The molecule has 2 aromatic carbocycles. The second-order valence-electron chi connectivity index (χ2n) is 6.34. The summed E-state index contributed by atoms with van der Waals surface area (Å²) in [7, 11) is 1.22. The van der Waals surface area contributed by atoms with Crippen molar-refractivity contribution >= 4 is 35.2 Å². The Balaban J connectivity index is 1.65. The van der Waals surface area contributed by atoms with E-state index in [1.807, 2.05) is 0 Å². The van der Waals surface area contributed by atoms with Crippen LogP contribution in [-0.4, -0.2) is 55.5 Å². The summed E-state index contributed by atoms with van der Waals surface area (Å²) < 4.78 is 33.2. The normalized spacial score (nSPS) is 13.5. The van der Waals surface area contributed by atoms with Crippen LogP contribution in [0.3, 0.4) is 0 Å². The third kappa shape index (κ3) is 5.13. The first-order valence-electron chi connectivity index (χ1n) is 8.93. The van der Waals surface area contributed by atoms with Gasteiger partial charge in [-0.3, -0.25) is 19.4 Å². The van der Waals surface area contributed by atoms with E-state index in [0.717, 1.165) is 9.80 Å². The molecule has 9 nitrogen and oxygen atoms in total. The lowest BCUT2D eigenvalue weighted by Gasteiger charge is -2.17. The van der Waals surface area contributed by atoms with Gasteiger partial charge < -0.3 is 14.8 Å². The van der Waals surface area contributed by atoms with Crippen LogP contribution < -0.4 is 15.0 Å². The van der Waals surface area contributed by atoms with Crippen LogP contribution in [0.4, 0.5) is 25.0 Å². The molecule has 0 aromatic heterocycles. The lowest BCUT2D eigenvalue weighted by Crippen LogP contribution is -2.39. The van der Waals surface area contributed by atoms with Gasteiger partial charge >= 0.3 is 18.6 Å². The number of alkyl halides is 2. The molecule has 3 rings (SSSR count). The van der Waals surface area contributed by atoms with Crippen molar-refractivity contribution in [2.24, 2.45) is 0 Å². The van der Waals surface area contributed by atoms with Gasteiger partial charge in [0.15, 0.2) is 0 Å². The zero-order valence-corrected chi connectivity index (χ0v) is 16.2.